The van der Waals surface area contributed by atoms with Crippen molar-refractivity contribution in [2.24, 2.45) is 5.92 Å². The van der Waals surface area contributed by atoms with Crippen LogP contribution in [-0.4, -0.2) is 24.1 Å². The van der Waals surface area contributed by atoms with E-state index < -0.39 is 0 Å². The van der Waals surface area contributed by atoms with Gasteiger partial charge in [0.15, 0.2) is 5.82 Å². The summed E-state index contributed by atoms with van der Waals surface area (Å²) in [5, 5.41) is 3.04. The van der Waals surface area contributed by atoms with Crippen molar-refractivity contribution >= 4 is 5.82 Å². The van der Waals surface area contributed by atoms with Gasteiger partial charge in [0, 0.05) is 20.4 Å². The third kappa shape index (κ3) is 2.94. The number of ether oxygens (including phenoxy) is 1. The summed E-state index contributed by atoms with van der Waals surface area (Å²) in [4.78, 5) is 8.85. The van der Waals surface area contributed by atoms with Crippen molar-refractivity contribution < 1.29 is 4.74 Å². The maximum absolute atomic E-state index is 5.62. The predicted octanol–water partition coefficient (Wildman–Crippen LogP) is 2.79. The van der Waals surface area contributed by atoms with E-state index >= 15 is 0 Å². The van der Waals surface area contributed by atoms with Gasteiger partial charge in [-0.05, 0) is 24.8 Å². The average Bonchev–Trinajstić information content (AvgIpc) is 2.41. The number of hydrogen-bond donors (Lipinski definition) is 1. The Morgan fingerprint density at radius 1 is 1.35 bits per heavy atom. The first-order chi connectivity index (χ1) is 8.35. The van der Waals surface area contributed by atoms with Gasteiger partial charge in [-0.3, -0.25) is 0 Å². The lowest BCUT2D eigenvalue weighted by atomic mass is 9.85. The van der Waals surface area contributed by atoms with Gasteiger partial charge in [0.05, 0.1) is 0 Å². The number of nitrogens with zero attached hydrogens (tertiary/aromatic N) is 2. The summed E-state index contributed by atoms with van der Waals surface area (Å²) < 4.78 is 5.62. The molecule has 4 nitrogen and oxygen atoms in total. The first kappa shape index (κ1) is 12.3. The van der Waals surface area contributed by atoms with Crippen LogP contribution < -0.4 is 5.32 Å². The lowest BCUT2D eigenvalue weighted by molar-refractivity contribution is 0.0290. The number of aromatic nitrogens is 2. The van der Waals surface area contributed by atoms with Gasteiger partial charge in [0.2, 0.25) is 0 Å². The van der Waals surface area contributed by atoms with Crippen LogP contribution in [-0.2, 0) is 4.74 Å². The van der Waals surface area contributed by atoms with Crippen LogP contribution in [0.25, 0.3) is 0 Å². The molecule has 1 aliphatic carbocycles. The Bertz CT molecular complexity index is 350. The quantitative estimate of drug-likeness (QED) is 0.871. The number of anilines is 1. The van der Waals surface area contributed by atoms with Gasteiger partial charge >= 0.3 is 0 Å². The molecule has 1 aliphatic rings. The summed E-state index contributed by atoms with van der Waals surface area (Å²) >= 11 is 0. The molecule has 0 aliphatic heterocycles. The van der Waals surface area contributed by atoms with Crippen LogP contribution in [0.1, 0.15) is 44.0 Å². The van der Waals surface area contributed by atoms with E-state index in [0.29, 0.717) is 5.92 Å². The maximum atomic E-state index is 5.62. The van der Waals surface area contributed by atoms with Crippen LogP contribution in [0.4, 0.5) is 5.82 Å². The molecule has 1 N–H and O–H groups in total. The van der Waals surface area contributed by atoms with Crippen LogP contribution >= 0.6 is 0 Å². The molecule has 94 valence electrons. The second-order valence-corrected chi connectivity index (χ2v) is 4.60. The Morgan fingerprint density at radius 3 is 2.76 bits per heavy atom. The SMILES string of the molecule is CNc1ccnc(C(OC)C2CCCCC2)n1. The molecule has 4 heteroatoms. The van der Waals surface area contributed by atoms with E-state index in [1.807, 2.05) is 13.1 Å². The normalized spacial score (nSPS) is 18.9. The lowest BCUT2D eigenvalue weighted by Crippen LogP contribution is -2.20. The van der Waals surface area contributed by atoms with Crippen molar-refractivity contribution in [1.82, 2.24) is 9.97 Å². The van der Waals surface area contributed by atoms with Gasteiger partial charge in [0.1, 0.15) is 11.9 Å². The highest BCUT2D eigenvalue weighted by Crippen LogP contribution is 2.35. The highest BCUT2D eigenvalue weighted by atomic mass is 16.5. The molecule has 0 bridgehead atoms. The van der Waals surface area contributed by atoms with Crippen LogP contribution in [0.15, 0.2) is 12.3 Å². The molecule has 2 rings (SSSR count). The first-order valence-corrected chi connectivity index (χ1v) is 6.38. The summed E-state index contributed by atoms with van der Waals surface area (Å²) in [5.41, 5.74) is 0. The zero-order chi connectivity index (χ0) is 12.1. The van der Waals surface area contributed by atoms with Crippen LogP contribution in [0.2, 0.25) is 0 Å². The summed E-state index contributed by atoms with van der Waals surface area (Å²) in [6.45, 7) is 0. The number of nitrogens with one attached hydrogen (secondary N) is 1. The zero-order valence-corrected chi connectivity index (χ0v) is 10.6. The van der Waals surface area contributed by atoms with E-state index in [-0.39, 0.29) is 6.10 Å². The first-order valence-electron chi connectivity index (χ1n) is 6.38. The molecule has 0 saturated heterocycles. The molecule has 1 fully saturated rings. The molecule has 0 radical (unpaired) electrons. The minimum absolute atomic E-state index is 0.0450. The molecule has 1 atom stereocenters. The Morgan fingerprint density at radius 2 is 2.12 bits per heavy atom. The standard InChI is InChI=1S/C13H21N3O/c1-14-11-8-9-15-13(16-11)12(17-2)10-6-4-3-5-7-10/h8-10,12H,3-7H2,1-2H3,(H,14,15,16). The van der Waals surface area contributed by atoms with Crippen molar-refractivity contribution in [2.75, 3.05) is 19.5 Å². The molecule has 0 aromatic carbocycles. The Kier molecular flexibility index (Phi) is 4.31. The van der Waals surface area contributed by atoms with Crippen molar-refractivity contribution in [3.63, 3.8) is 0 Å². The summed E-state index contributed by atoms with van der Waals surface area (Å²) in [6.07, 6.45) is 8.25. The molecule has 1 aromatic heterocycles. The Balaban J connectivity index is 2.15. The molecule has 0 spiro atoms. The van der Waals surface area contributed by atoms with Gasteiger partial charge in [0.25, 0.3) is 0 Å². The van der Waals surface area contributed by atoms with Gasteiger partial charge < -0.3 is 10.1 Å². The number of rotatable bonds is 4. The predicted molar refractivity (Wildman–Crippen MR) is 67.9 cm³/mol. The third-order valence-corrected chi connectivity index (χ3v) is 3.52. The largest absolute Gasteiger partial charge is 0.373 e. The lowest BCUT2D eigenvalue weighted by Gasteiger charge is -2.28. The maximum Gasteiger partial charge on any atom is 0.159 e. The van der Waals surface area contributed by atoms with Gasteiger partial charge in [-0.1, -0.05) is 19.3 Å². The molecule has 1 saturated carbocycles. The highest BCUT2D eigenvalue weighted by Gasteiger charge is 2.27. The zero-order valence-electron chi connectivity index (χ0n) is 10.6. The van der Waals surface area contributed by atoms with Crippen LogP contribution in [0.3, 0.4) is 0 Å². The molecular weight excluding hydrogens is 214 g/mol. The second-order valence-electron chi connectivity index (χ2n) is 4.60. The van der Waals surface area contributed by atoms with E-state index in [9.17, 15) is 0 Å². The number of methoxy groups -OCH3 is 1. The minimum atomic E-state index is 0.0450. The van der Waals surface area contributed by atoms with Crippen molar-refractivity contribution in [3.8, 4) is 0 Å². The smallest absolute Gasteiger partial charge is 0.159 e. The molecule has 1 heterocycles. The van der Waals surface area contributed by atoms with Gasteiger partial charge in [-0.2, -0.15) is 0 Å². The molecular formula is C13H21N3O. The van der Waals surface area contributed by atoms with Crippen molar-refractivity contribution in [3.05, 3.63) is 18.1 Å². The number of hydrogen-bond acceptors (Lipinski definition) is 4. The fourth-order valence-corrected chi connectivity index (χ4v) is 2.60. The fraction of sp³-hybridized carbons (Fsp3) is 0.692. The van der Waals surface area contributed by atoms with Gasteiger partial charge in [-0.25, -0.2) is 9.97 Å². The Labute approximate surface area is 103 Å². The second kappa shape index (κ2) is 5.96. The van der Waals surface area contributed by atoms with Crippen molar-refractivity contribution in [2.45, 2.75) is 38.2 Å². The van der Waals surface area contributed by atoms with Crippen LogP contribution in [0.5, 0.6) is 0 Å². The molecule has 1 aromatic rings. The topological polar surface area (TPSA) is 47.0 Å². The van der Waals surface area contributed by atoms with E-state index in [1.165, 1.54) is 32.1 Å². The van der Waals surface area contributed by atoms with E-state index in [1.54, 1.807) is 13.3 Å². The molecule has 1 unspecified atom stereocenters. The Hall–Kier alpha value is -1.16. The average molecular weight is 235 g/mol. The minimum Gasteiger partial charge on any atom is -0.373 e. The summed E-state index contributed by atoms with van der Waals surface area (Å²) in [7, 11) is 3.63. The van der Waals surface area contributed by atoms with Crippen molar-refractivity contribution in [1.29, 1.82) is 0 Å². The monoisotopic (exact) mass is 235 g/mol. The highest BCUT2D eigenvalue weighted by molar-refractivity contribution is 5.31. The summed E-state index contributed by atoms with van der Waals surface area (Å²) in [6, 6.07) is 1.87. The fourth-order valence-electron chi connectivity index (χ4n) is 2.60. The summed E-state index contributed by atoms with van der Waals surface area (Å²) in [5.74, 6) is 2.24. The van der Waals surface area contributed by atoms with Crippen LogP contribution in [0, 0.1) is 5.92 Å². The van der Waals surface area contributed by atoms with E-state index in [4.69, 9.17) is 4.74 Å². The molecule has 17 heavy (non-hydrogen) atoms. The molecule has 0 amide bonds. The third-order valence-electron chi connectivity index (χ3n) is 3.52. The van der Waals surface area contributed by atoms with Gasteiger partial charge in [-0.15, -0.1) is 0 Å². The van der Waals surface area contributed by atoms with E-state index in [0.717, 1.165) is 11.6 Å². The van der Waals surface area contributed by atoms with E-state index in [2.05, 4.69) is 15.3 Å².